The van der Waals surface area contributed by atoms with Crippen molar-refractivity contribution in [1.82, 2.24) is 5.32 Å². The van der Waals surface area contributed by atoms with Crippen LogP contribution in [0.15, 0.2) is 30.3 Å². The summed E-state index contributed by atoms with van der Waals surface area (Å²) in [6, 6.07) is 8.44. The van der Waals surface area contributed by atoms with Crippen molar-refractivity contribution in [1.29, 1.82) is 0 Å². The lowest BCUT2D eigenvalue weighted by atomic mass is 9.97. The maximum atomic E-state index is 12.0. The van der Waals surface area contributed by atoms with Crippen molar-refractivity contribution >= 4 is 11.9 Å². The van der Waals surface area contributed by atoms with Crippen molar-refractivity contribution in [3.8, 4) is 0 Å². The van der Waals surface area contributed by atoms with Crippen LogP contribution in [0.2, 0.25) is 0 Å². The second kappa shape index (κ2) is 7.68. The number of carbonyl (C=O) groups excluding carboxylic acids is 1. The Balaban J connectivity index is 2.64. The normalized spacial score (nSPS) is 13.8. The molecule has 2 atom stereocenters. The molecule has 0 aliphatic rings. The average molecular weight is 277 g/mol. The molecule has 0 aliphatic carbocycles. The van der Waals surface area contributed by atoms with E-state index in [9.17, 15) is 14.7 Å². The van der Waals surface area contributed by atoms with Gasteiger partial charge in [-0.05, 0) is 17.9 Å². The summed E-state index contributed by atoms with van der Waals surface area (Å²) < 4.78 is 0. The quantitative estimate of drug-likeness (QED) is 0.804. The lowest BCUT2D eigenvalue weighted by Crippen LogP contribution is -2.44. The molecule has 1 unspecified atom stereocenters. The van der Waals surface area contributed by atoms with Crippen LogP contribution in [-0.2, 0) is 16.0 Å². The molecule has 1 amide bonds. The van der Waals surface area contributed by atoms with Crippen LogP contribution in [0.25, 0.3) is 0 Å². The van der Waals surface area contributed by atoms with E-state index in [2.05, 4.69) is 5.32 Å². The second-order valence-electron chi connectivity index (χ2n) is 5.62. The van der Waals surface area contributed by atoms with Crippen LogP contribution in [-0.4, -0.2) is 23.0 Å². The van der Waals surface area contributed by atoms with Gasteiger partial charge < -0.3 is 10.4 Å². The molecule has 0 aromatic heterocycles. The van der Waals surface area contributed by atoms with Crippen LogP contribution in [0.5, 0.6) is 0 Å². The summed E-state index contributed by atoms with van der Waals surface area (Å²) in [7, 11) is 0. The third-order valence-electron chi connectivity index (χ3n) is 3.17. The Bertz CT molecular complexity index is 442. The fourth-order valence-corrected chi connectivity index (χ4v) is 2.18. The number of nitrogens with one attached hydrogen (secondary N) is 1. The molecule has 0 radical (unpaired) electrons. The Morgan fingerprint density at radius 3 is 2.25 bits per heavy atom. The highest BCUT2D eigenvalue weighted by atomic mass is 16.4. The average Bonchev–Trinajstić information content (AvgIpc) is 2.38. The number of carboxylic acids is 1. The zero-order valence-electron chi connectivity index (χ0n) is 12.3. The van der Waals surface area contributed by atoms with Gasteiger partial charge in [0.05, 0.1) is 0 Å². The molecule has 1 rings (SSSR count). The number of carbonyl (C=O) groups is 2. The van der Waals surface area contributed by atoms with Gasteiger partial charge in [-0.2, -0.15) is 0 Å². The van der Waals surface area contributed by atoms with Crippen LogP contribution in [0.3, 0.4) is 0 Å². The molecular formula is C16H23NO3. The number of hydrogen-bond acceptors (Lipinski definition) is 2. The third-order valence-corrected chi connectivity index (χ3v) is 3.17. The highest BCUT2D eigenvalue weighted by Crippen LogP contribution is 2.12. The third kappa shape index (κ3) is 5.43. The maximum Gasteiger partial charge on any atom is 0.326 e. The van der Waals surface area contributed by atoms with Crippen molar-refractivity contribution in [3.05, 3.63) is 35.9 Å². The van der Waals surface area contributed by atoms with Crippen LogP contribution < -0.4 is 5.32 Å². The minimum atomic E-state index is -1.00. The van der Waals surface area contributed by atoms with Crippen LogP contribution in [0.1, 0.15) is 32.8 Å². The molecular weight excluding hydrogens is 254 g/mol. The number of carboxylic acid groups (broad SMARTS) is 1. The Hall–Kier alpha value is -1.84. The molecule has 0 saturated carbocycles. The first-order valence-electron chi connectivity index (χ1n) is 6.97. The molecule has 1 aromatic rings. The van der Waals surface area contributed by atoms with E-state index in [0.717, 1.165) is 12.0 Å². The first-order valence-corrected chi connectivity index (χ1v) is 6.97. The fourth-order valence-electron chi connectivity index (χ4n) is 2.18. The SMILES string of the molecule is CC(C)CC(C)C(=O)N[C@@H](Cc1ccccc1)C(=O)O. The van der Waals surface area contributed by atoms with Crippen molar-refractivity contribution in [2.24, 2.45) is 11.8 Å². The zero-order valence-corrected chi connectivity index (χ0v) is 12.3. The number of aliphatic carboxylic acids is 1. The molecule has 110 valence electrons. The second-order valence-corrected chi connectivity index (χ2v) is 5.62. The number of rotatable bonds is 7. The lowest BCUT2D eigenvalue weighted by molar-refractivity contribution is -0.142. The van der Waals surface area contributed by atoms with Crippen molar-refractivity contribution in [2.45, 2.75) is 39.7 Å². The monoisotopic (exact) mass is 277 g/mol. The van der Waals surface area contributed by atoms with Crippen LogP contribution in [0, 0.1) is 11.8 Å². The summed E-state index contributed by atoms with van der Waals surface area (Å²) in [5.41, 5.74) is 0.900. The molecule has 4 heteroatoms. The van der Waals surface area contributed by atoms with E-state index >= 15 is 0 Å². The van der Waals surface area contributed by atoms with Gasteiger partial charge in [-0.3, -0.25) is 4.79 Å². The van der Waals surface area contributed by atoms with Gasteiger partial charge in [0.2, 0.25) is 5.91 Å². The fraction of sp³-hybridized carbons (Fsp3) is 0.500. The maximum absolute atomic E-state index is 12.0. The van der Waals surface area contributed by atoms with Gasteiger partial charge in [-0.15, -0.1) is 0 Å². The first-order chi connectivity index (χ1) is 9.40. The van der Waals surface area contributed by atoms with E-state index in [1.807, 2.05) is 51.1 Å². The lowest BCUT2D eigenvalue weighted by Gasteiger charge is -2.19. The van der Waals surface area contributed by atoms with Crippen LogP contribution in [0.4, 0.5) is 0 Å². The zero-order chi connectivity index (χ0) is 15.1. The Morgan fingerprint density at radius 1 is 1.15 bits per heavy atom. The molecule has 0 fully saturated rings. The summed E-state index contributed by atoms with van der Waals surface area (Å²) in [5, 5.41) is 11.9. The summed E-state index contributed by atoms with van der Waals surface area (Å²) in [6.45, 7) is 5.92. The van der Waals surface area contributed by atoms with Gasteiger partial charge in [0.1, 0.15) is 6.04 Å². The van der Waals surface area contributed by atoms with E-state index < -0.39 is 12.0 Å². The first kappa shape index (κ1) is 16.2. The number of hydrogen-bond donors (Lipinski definition) is 2. The number of amides is 1. The summed E-state index contributed by atoms with van der Waals surface area (Å²) in [4.78, 5) is 23.3. The highest BCUT2D eigenvalue weighted by Gasteiger charge is 2.23. The van der Waals surface area contributed by atoms with E-state index in [-0.39, 0.29) is 11.8 Å². The minimum Gasteiger partial charge on any atom is -0.480 e. The summed E-state index contributed by atoms with van der Waals surface area (Å²) in [6.07, 6.45) is 1.06. The molecule has 0 spiro atoms. The molecule has 0 saturated heterocycles. The standard InChI is InChI=1S/C16H23NO3/c1-11(2)9-12(3)15(18)17-14(16(19)20)10-13-7-5-4-6-8-13/h4-8,11-12,14H,9-10H2,1-3H3,(H,17,18)(H,19,20)/t12?,14-/m0/s1. The van der Waals surface area contributed by atoms with Crippen molar-refractivity contribution in [3.63, 3.8) is 0 Å². The smallest absolute Gasteiger partial charge is 0.326 e. The van der Waals surface area contributed by atoms with Gasteiger partial charge in [0, 0.05) is 12.3 Å². The van der Waals surface area contributed by atoms with Gasteiger partial charge in [0.25, 0.3) is 0 Å². The molecule has 2 N–H and O–H groups in total. The van der Waals surface area contributed by atoms with Gasteiger partial charge in [-0.25, -0.2) is 4.79 Å². The highest BCUT2D eigenvalue weighted by molar-refractivity contribution is 5.84. The molecule has 0 heterocycles. The van der Waals surface area contributed by atoms with Crippen LogP contribution >= 0.6 is 0 Å². The molecule has 0 aliphatic heterocycles. The van der Waals surface area contributed by atoms with Crippen molar-refractivity contribution < 1.29 is 14.7 Å². The predicted molar refractivity (Wildman–Crippen MR) is 78.3 cm³/mol. The topological polar surface area (TPSA) is 66.4 Å². The van der Waals surface area contributed by atoms with Gasteiger partial charge in [-0.1, -0.05) is 51.1 Å². The summed E-state index contributed by atoms with van der Waals surface area (Å²) >= 11 is 0. The Morgan fingerprint density at radius 2 is 1.75 bits per heavy atom. The van der Waals surface area contributed by atoms with Gasteiger partial charge >= 0.3 is 5.97 Å². The Kier molecular flexibility index (Phi) is 6.22. The van der Waals surface area contributed by atoms with E-state index in [1.54, 1.807) is 0 Å². The predicted octanol–water partition coefficient (Wildman–Crippen LogP) is 2.48. The van der Waals surface area contributed by atoms with Crippen molar-refractivity contribution in [2.75, 3.05) is 0 Å². The minimum absolute atomic E-state index is 0.173. The largest absolute Gasteiger partial charge is 0.480 e. The molecule has 0 bridgehead atoms. The Labute approximate surface area is 120 Å². The molecule has 4 nitrogen and oxygen atoms in total. The van der Waals surface area contributed by atoms with E-state index in [4.69, 9.17) is 0 Å². The summed E-state index contributed by atoms with van der Waals surface area (Å²) in [5.74, 6) is -0.957. The number of benzene rings is 1. The molecule has 20 heavy (non-hydrogen) atoms. The molecule has 1 aromatic carbocycles. The van der Waals surface area contributed by atoms with E-state index in [0.29, 0.717) is 12.3 Å². The van der Waals surface area contributed by atoms with Gasteiger partial charge in [0.15, 0.2) is 0 Å². The van der Waals surface area contributed by atoms with E-state index in [1.165, 1.54) is 0 Å².